The summed E-state index contributed by atoms with van der Waals surface area (Å²) in [6.07, 6.45) is 15.5. The Morgan fingerprint density at radius 2 is 1.86 bits per heavy atom. The van der Waals surface area contributed by atoms with Crippen molar-refractivity contribution in [1.29, 1.82) is 0 Å². The molecular weight excluding hydrogens is 464 g/mol. The Labute approximate surface area is 219 Å². The van der Waals surface area contributed by atoms with Crippen LogP contribution in [0.2, 0.25) is 0 Å². The first-order valence-electron chi connectivity index (χ1n) is 14.3. The van der Waals surface area contributed by atoms with Crippen molar-refractivity contribution in [2.24, 2.45) is 30.2 Å². The van der Waals surface area contributed by atoms with Crippen molar-refractivity contribution >= 4 is 23.3 Å². The number of anilines is 2. The number of aromatic nitrogens is 3. The molecule has 2 aromatic rings. The lowest BCUT2D eigenvalue weighted by molar-refractivity contribution is -0.121. The highest BCUT2D eigenvalue weighted by Gasteiger charge is 2.54. The molecule has 3 saturated carbocycles. The SMILES string of the molecule is Cn1nccc1C(=O)N[C@H](C(=O)Nc1ccc(N2CCCCC2C2CC2)nc1)C(C1CCC1)C1(C)CC1. The van der Waals surface area contributed by atoms with E-state index in [0.717, 1.165) is 44.0 Å². The zero-order valence-electron chi connectivity index (χ0n) is 22.2. The number of nitrogens with zero attached hydrogens (tertiary/aromatic N) is 4. The van der Waals surface area contributed by atoms with Crippen LogP contribution in [-0.2, 0) is 11.8 Å². The van der Waals surface area contributed by atoms with Crippen LogP contribution in [-0.4, -0.2) is 45.2 Å². The molecule has 2 amide bonds. The second-order valence-electron chi connectivity index (χ2n) is 12.2. The standard InChI is InChI=1S/C29H40N6O2/c1-29(14-15-29)25(20-6-5-7-20)26(33-27(36)23-13-16-31-34(23)2)28(37)32-21-11-12-24(30-18-21)35-17-4-3-8-22(35)19-9-10-19/h11-13,16,18-20,22,25-26H,3-10,14-15,17H2,1-2H3,(H,32,37)(H,33,36)/t22?,25?,26-/m0/s1. The van der Waals surface area contributed by atoms with E-state index in [-0.39, 0.29) is 23.1 Å². The molecule has 8 heteroatoms. The Kier molecular flexibility index (Phi) is 6.45. The smallest absolute Gasteiger partial charge is 0.270 e. The van der Waals surface area contributed by atoms with Crippen LogP contribution in [0.4, 0.5) is 11.5 Å². The van der Waals surface area contributed by atoms with E-state index in [1.807, 2.05) is 12.1 Å². The van der Waals surface area contributed by atoms with E-state index < -0.39 is 6.04 Å². The summed E-state index contributed by atoms with van der Waals surface area (Å²) in [5.41, 5.74) is 1.24. The van der Waals surface area contributed by atoms with Gasteiger partial charge < -0.3 is 15.5 Å². The topological polar surface area (TPSA) is 92.1 Å². The van der Waals surface area contributed by atoms with Crippen molar-refractivity contribution < 1.29 is 9.59 Å². The molecule has 37 heavy (non-hydrogen) atoms. The van der Waals surface area contributed by atoms with Crippen LogP contribution in [0.5, 0.6) is 0 Å². The summed E-state index contributed by atoms with van der Waals surface area (Å²) in [7, 11) is 1.75. The number of hydrogen-bond donors (Lipinski definition) is 2. The summed E-state index contributed by atoms with van der Waals surface area (Å²) >= 11 is 0. The predicted octanol–water partition coefficient (Wildman–Crippen LogP) is 4.54. The van der Waals surface area contributed by atoms with Gasteiger partial charge in [0.05, 0.1) is 11.9 Å². The fourth-order valence-corrected chi connectivity index (χ4v) is 6.77. The zero-order valence-corrected chi connectivity index (χ0v) is 22.2. The molecule has 1 saturated heterocycles. The van der Waals surface area contributed by atoms with Crippen molar-refractivity contribution in [3.8, 4) is 0 Å². The maximum Gasteiger partial charge on any atom is 0.270 e. The van der Waals surface area contributed by atoms with E-state index in [1.54, 1.807) is 30.2 Å². The van der Waals surface area contributed by atoms with Crippen molar-refractivity contribution in [3.63, 3.8) is 0 Å². The van der Waals surface area contributed by atoms with Crippen LogP contribution in [0.3, 0.4) is 0 Å². The highest BCUT2D eigenvalue weighted by atomic mass is 16.2. The minimum absolute atomic E-state index is 0.0982. The third-order valence-corrected chi connectivity index (χ3v) is 9.51. The second-order valence-corrected chi connectivity index (χ2v) is 12.2. The van der Waals surface area contributed by atoms with Crippen LogP contribution in [0.15, 0.2) is 30.6 Å². The summed E-state index contributed by atoms with van der Waals surface area (Å²) in [6, 6.07) is 5.72. The van der Waals surface area contributed by atoms with Crippen LogP contribution < -0.4 is 15.5 Å². The molecule has 2 unspecified atom stereocenters. The number of piperidine rings is 1. The molecule has 3 aliphatic carbocycles. The fraction of sp³-hybridized carbons (Fsp3) is 0.655. The molecule has 0 radical (unpaired) electrons. The molecule has 3 heterocycles. The Hall–Kier alpha value is -2.90. The molecule has 2 N–H and O–H groups in total. The first-order valence-corrected chi connectivity index (χ1v) is 14.3. The van der Waals surface area contributed by atoms with Gasteiger partial charge in [0.25, 0.3) is 5.91 Å². The Morgan fingerprint density at radius 3 is 2.46 bits per heavy atom. The molecule has 6 rings (SSSR count). The van der Waals surface area contributed by atoms with Gasteiger partial charge in [0.1, 0.15) is 17.6 Å². The summed E-state index contributed by atoms with van der Waals surface area (Å²) in [4.78, 5) is 34.3. The number of amides is 2. The van der Waals surface area contributed by atoms with E-state index in [2.05, 4.69) is 27.6 Å². The number of nitrogens with one attached hydrogen (secondary N) is 2. The van der Waals surface area contributed by atoms with E-state index in [9.17, 15) is 9.59 Å². The van der Waals surface area contributed by atoms with Gasteiger partial charge in [-0.15, -0.1) is 0 Å². The summed E-state index contributed by atoms with van der Waals surface area (Å²) < 4.78 is 1.56. The molecule has 3 atom stereocenters. The van der Waals surface area contributed by atoms with Crippen molar-refractivity contribution in [1.82, 2.24) is 20.1 Å². The average Bonchev–Trinajstić information content (AvgIpc) is 3.80. The minimum atomic E-state index is -0.596. The van der Waals surface area contributed by atoms with Crippen molar-refractivity contribution in [2.75, 3.05) is 16.8 Å². The molecule has 198 valence electrons. The number of carbonyl (C=O) groups excluding carboxylic acids is 2. The zero-order chi connectivity index (χ0) is 25.6. The Balaban J connectivity index is 1.20. The van der Waals surface area contributed by atoms with Gasteiger partial charge in [-0.1, -0.05) is 26.2 Å². The van der Waals surface area contributed by atoms with Gasteiger partial charge in [0, 0.05) is 25.8 Å². The molecule has 4 aliphatic rings. The molecule has 0 bridgehead atoms. The van der Waals surface area contributed by atoms with Gasteiger partial charge in [0.2, 0.25) is 5.91 Å². The number of rotatable bonds is 9. The van der Waals surface area contributed by atoms with E-state index >= 15 is 0 Å². The van der Waals surface area contributed by atoms with E-state index in [0.29, 0.717) is 23.3 Å². The highest BCUT2D eigenvalue weighted by molar-refractivity contribution is 6.00. The molecule has 4 fully saturated rings. The lowest BCUT2D eigenvalue weighted by Crippen LogP contribution is -2.54. The highest BCUT2D eigenvalue weighted by Crippen LogP contribution is 2.58. The number of carbonyl (C=O) groups is 2. The second kappa shape index (κ2) is 9.76. The molecule has 2 aromatic heterocycles. The third kappa shape index (κ3) is 4.99. The summed E-state index contributed by atoms with van der Waals surface area (Å²) in [5, 5.41) is 10.4. The Morgan fingerprint density at radius 1 is 1.05 bits per heavy atom. The Bertz CT molecular complexity index is 1130. The van der Waals surface area contributed by atoms with Crippen LogP contribution in [0.1, 0.15) is 81.6 Å². The van der Waals surface area contributed by atoms with Crippen LogP contribution in [0.25, 0.3) is 0 Å². The fourth-order valence-electron chi connectivity index (χ4n) is 6.77. The van der Waals surface area contributed by atoms with Gasteiger partial charge >= 0.3 is 0 Å². The van der Waals surface area contributed by atoms with Crippen molar-refractivity contribution in [2.45, 2.75) is 83.2 Å². The number of pyridine rings is 1. The molecule has 8 nitrogen and oxygen atoms in total. The third-order valence-electron chi connectivity index (χ3n) is 9.51. The maximum absolute atomic E-state index is 13.8. The first-order chi connectivity index (χ1) is 17.9. The number of hydrogen-bond acceptors (Lipinski definition) is 5. The number of aryl methyl sites for hydroxylation is 1. The lowest BCUT2D eigenvalue weighted by atomic mass is 9.66. The van der Waals surface area contributed by atoms with Crippen molar-refractivity contribution in [3.05, 3.63) is 36.3 Å². The normalized spacial score (nSPS) is 24.6. The van der Waals surface area contributed by atoms with Crippen LogP contribution in [0, 0.1) is 23.2 Å². The monoisotopic (exact) mass is 504 g/mol. The van der Waals surface area contributed by atoms with E-state index in [1.165, 1.54) is 38.5 Å². The van der Waals surface area contributed by atoms with Gasteiger partial charge in [-0.2, -0.15) is 5.10 Å². The van der Waals surface area contributed by atoms with Gasteiger partial charge in [0.15, 0.2) is 0 Å². The van der Waals surface area contributed by atoms with Crippen LogP contribution >= 0.6 is 0 Å². The lowest BCUT2D eigenvalue weighted by Gasteiger charge is -2.42. The van der Waals surface area contributed by atoms with Gasteiger partial charge in [-0.25, -0.2) is 4.98 Å². The summed E-state index contributed by atoms with van der Waals surface area (Å²) in [6.45, 7) is 3.33. The largest absolute Gasteiger partial charge is 0.353 e. The first kappa shape index (κ1) is 24.4. The van der Waals surface area contributed by atoms with Gasteiger partial charge in [-0.3, -0.25) is 14.3 Å². The molecule has 1 aliphatic heterocycles. The average molecular weight is 505 g/mol. The minimum Gasteiger partial charge on any atom is -0.353 e. The van der Waals surface area contributed by atoms with Gasteiger partial charge in [-0.05, 0) is 86.3 Å². The van der Waals surface area contributed by atoms with E-state index in [4.69, 9.17) is 4.98 Å². The molecule has 0 spiro atoms. The molecule has 0 aromatic carbocycles. The molecular formula is C29H40N6O2. The summed E-state index contributed by atoms with van der Waals surface area (Å²) in [5.74, 6) is 2.01. The quantitative estimate of drug-likeness (QED) is 0.523. The maximum atomic E-state index is 13.8. The predicted molar refractivity (Wildman–Crippen MR) is 143 cm³/mol.